The first-order valence-electron chi connectivity index (χ1n) is 7.17. The third-order valence-corrected chi connectivity index (χ3v) is 4.20. The summed E-state index contributed by atoms with van der Waals surface area (Å²) in [5, 5.41) is 3.69. The molecule has 0 unspecified atom stereocenters. The molecule has 0 spiro atoms. The number of hydrogen-bond acceptors (Lipinski definition) is 3. The largest absolute Gasteiger partial charge is 0.381 e. The van der Waals surface area contributed by atoms with Crippen LogP contribution in [0.5, 0.6) is 0 Å². The lowest BCUT2D eigenvalue weighted by Crippen LogP contribution is -2.53. The normalized spacial score (nSPS) is 29.4. The molecule has 1 saturated heterocycles. The first-order chi connectivity index (χ1) is 8.60. The van der Waals surface area contributed by atoms with Gasteiger partial charge in [-0.2, -0.15) is 0 Å². The van der Waals surface area contributed by atoms with Crippen LogP contribution in [0.3, 0.4) is 0 Å². The minimum Gasteiger partial charge on any atom is -0.381 e. The van der Waals surface area contributed by atoms with E-state index < -0.39 is 0 Å². The van der Waals surface area contributed by atoms with Crippen LogP contribution in [0.25, 0.3) is 0 Å². The molecule has 0 radical (unpaired) electrons. The van der Waals surface area contributed by atoms with Crippen molar-refractivity contribution in [2.45, 2.75) is 57.7 Å². The van der Waals surface area contributed by atoms with Crippen LogP contribution in [0.15, 0.2) is 0 Å². The molecule has 0 aromatic rings. The molecule has 2 aliphatic rings. The molecule has 104 valence electrons. The zero-order valence-electron chi connectivity index (χ0n) is 11.8. The van der Waals surface area contributed by atoms with Gasteiger partial charge in [-0.25, -0.2) is 0 Å². The average Bonchev–Trinajstić information content (AvgIpc) is 2.33. The fourth-order valence-electron chi connectivity index (χ4n) is 2.86. The zero-order chi connectivity index (χ0) is 13.1. The lowest BCUT2D eigenvalue weighted by atomic mass is 9.87. The topological polar surface area (TPSA) is 41.6 Å². The maximum absolute atomic E-state index is 11.9. The molecule has 1 heterocycles. The number of likely N-dealkylation sites (tertiary alicyclic amines) is 1. The summed E-state index contributed by atoms with van der Waals surface area (Å²) in [6, 6.07) is 1.22. The van der Waals surface area contributed by atoms with E-state index in [0.29, 0.717) is 24.1 Å². The summed E-state index contributed by atoms with van der Waals surface area (Å²) in [7, 11) is 1.79. The summed E-state index contributed by atoms with van der Waals surface area (Å²) in [4.78, 5) is 13.9. The number of nitrogens with zero attached hydrogens (tertiary/aromatic N) is 1. The van der Waals surface area contributed by atoms with Crippen LogP contribution in [0.2, 0.25) is 0 Å². The first-order valence-corrected chi connectivity index (χ1v) is 7.17. The summed E-state index contributed by atoms with van der Waals surface area (Å²) < 4.78 is 5.29. The van der Waals surface area contributed by atoms with Crippen LogP contribution in [0, 0.1) is 5.92 Å². The maximum atomic E-state index is 11.9. The molecule has 0 aromatic carbocycles. The Labute approximate surface area is 110 Å². The number of carbonyl (C=O) groups excluding carboxylic acids is 1. The van der Waals surface area contributed by atoms with Crippen molar-refractivity contribution >= 4 is 5.91 Å². The van der Waals surface area contributed by atoms with Crippen molar-refractivity contribution in [1.29, 1.82) is 0 Å². The maximum Gasteiger partial charge on any atom is 0.225 e. The number of rotatable bonds is 4. The minimum atomic E-state index is 0.128. The van der Waals surface area contributed by atoms with Crippen molar-refractivity contribution in [3.8, 4) is 0 Å². The zero-order valence-corrected chi connectivity index (χ0v) is 11.8. The Morgan fingerprint density at radius 3 is 2.33 bits per heavy atom. The van der Waals surface area contributed by atoms with Gasteiger partial charge in [0.05, 0.1) is 6.10 Å². The highest BCUT2D eigenvalue weighted by Gasteiger charge is 2.32. The second kappa shape index (κ2) is 6.02. The van der Waals surface area contributed by atoms with Gasteiger partial charge in [0.15, 0.2) is 0 Å². The van der Waals surface area contributed by atoms with Gasteiger partial charge in [-0.3, -0.25) is 4.79 Å². The van der Waals surface area contributed by atoms with Gasteiger partial charge in [0, 0.05) is 38.2 Å². The fourth-order valence-corrected chi connectivity index (χ4v) is 2.86. The lowest BCUT2D eigenvalue weighted by molar-refractivity contribution is -0.135. The molecule has 4 nitrogen and oxygen atoms in total. The highest BCUT2D eigenvalue weighted by atomic mass is 16.5. The molecule has 1 N–H and O–H groups in total. The molecule has 4 heteroatoms. The van der Waals surface area contributed by atoms with Crippen LogP contribution in [0.4, 0.5) is 0 Å². The second-order valence-electron chi connectivity index (χ2n) is 5.95. The molecule has 18 heavy (non-hydrogen) atoms. The van der Waals surface area contributed by atoms with E-state index in [2.05, 4.69) is 5.32 Å². The van der Waals surface area contributed by atoms with Gasteiger partial charge < -0.3 is 15.0 Å². The fraction of sp³-hybridized carbons (Fsp3) is 0.929. The van der Waals surface area contributed by atoms with Crippen molar-refractivity contribution in [3.05, 3.63) is 0 Å². The van der Waals surface area contributed by atoms with Crippen molar-refractivity contribution in [2.75, 3.05) is 20.2 Å². The van der Waals surface area contributed by atoms with E-state index in [4.69, 9.17) is 4.74 Å². The van der Waals surface area contributed by atoms with Gasteiger partial charge in [0.25, 0.3) is 0 Å². The minimum absolute atomic E-state index is 0.128. The monoisotopic (exact) mass is 254 g/mol. The van der Waals surface area contributed by atoms with E-state index in [-0.39, 0.29) is 5.92 Å². The first kappa shape index (κ1) is 13.8. The van der Waals surface area contributed by atoms with Gasteiger partial charge >= 0.3 is 0 Å². The summed E-state index contributed by atoms with van der Waals surface area (Å²) in [6.07, 6.45) is 4.92. The third kappa shape index (κ3) is 3.23. The lowest BCUT2D eigenvalue weighted by Gasteiger charge is -2.40. The Balaban J connectivity index is 1.66. The summed E-state index contributed by atoms with van der Waals surface area (Å²) in [5.74, 6) is 0.431. The average molecular weight is 254 g/mol. The number of amides is 1. The Bertz CT molecular complexity index is 280. The number of nitrogens with one attached hydrogen (secondary N) is 1. The Morgan fingerprint density at radius 2 is 1.83 bits per heavy atom. The molecule has 1 aliphatic carbocycles. The molecule has 0 bridgehead atoms. The molecule has 2 rings (SSSR count). The predicted octanol–water partition coefficient (Wildman–Crippen LogP) is 1.40. The highest BCUT2D eigenvalue weighted by molar-refractivity contribution is 5.78. The van der Waals surface area contributed by atoms with E-state index in [1.54, 1.807) is 7.11 Å². The Hall–Kier alpha value is -0.610. The van der Waals surface area contributed by atoms with Crippen molar-refractivity contribution in [2.24, 2.45) is 5.92 Å². The molecule has 0 aromatic heterocycles. The van der Waals surface area contributed by atoms with Gasteiger partial charge in [0.1, 0.15) is 0 Å². The van der Waals surface area contributed by atoms with Crippen molar-refractivity contribution in [3.63, 3.8) is 0 Å². The Kier molecular flexibility index (Phi) is 4.62. The van der Waals surface area contributed by atoms with Gasteiger partial charge in [-0.1, -0.05) is 13.8 Å². The standard InChI is InChI=1S/C14H26N2O2/c1-10(2)14(17)16-6-4-11(5-7-16)15-12-8-13(9-12)18-3/h10-13,15H,4-9H2,1-3H3. The van der Waals surface area contributed by atoms with Crippen LogP contribution in [-0.2, 0) is 9.53 Å². The van der Waals surface area contributed by atoms with E-state index >= 15 is 0 Å². The predicted molar refractivity (Wildman–Crippen MR) is 71.4 cm³/mol. The van der Waals surface area contributed by atoms with Crippen LogP contribution >= 0.6 is 0 Å². The van der Waals surface area contributed by atoms with Gasteiger partial charge in [0.2, 0.25) is 5.91 Å². The number of carbonyl (C=O) groups is 1. The van der Waals surface area contributed by atoms with Crippen molar-refractivity contribution < 1.29 is 9.53 Å². The number of methoxy groups -OCH3 is 1. The molecule has 1 saturated carbocycles. The SMILES string of the molecule is COC1CC(NC2CCN(C(=O)C(C)C)CC2)C1. The summed E-state index contributed by atoms with van der Waals surface area (Å²) >= 11 is 0. The number of hydrogen-bond donors (Lipinski definition) is 1. The molecular formula is C14H26N2O2. The van der Waals surface area contributed by atoms with Gasteiger partial charge in [-0.05, 0) is 25.7 Å². The molecular weight excluding hydrogens is 228 g/mol. The molecule has 2 fully saturated rings. The van der Waals surface area contributed by atoms with E-state index in [1.807, 2.05) is 18.7 Å². The smallest absolute Gasteiger partial charge is 0.225 e. The third-order valence-electron chi connectivity index (χ3n) is 4.20. The summed E-state index contributed by atoms with van der Waals surface area (Å²) in [6.45, 7) is 5.78. The Morgan fingerprint density at radius 1 is 1.22 bits per heavy atom. The molecule has 0 atom stereocenters. The quantitative estimate of drug-likeness (QED) is 0.824. The van der Waals surface area contributed by atoms with Crippen LogP contribution in [0.1, 0.15) is 39.5 Å². The van der Waals surface area contributed by atoms with Gasteiger partial charge in [-0.15, -0.1) is 0 Å². The summed E-state index contributed by atoms with van der Waals surface area (Å²) in [5.41, 5.74) is 0. The van der Waals surface area contributed by atoms with Crippen LogP contribution in [-0.4, -0.2) is 49.2 Å². The van der Waals surface area contributed by atoms with Crippen LogP contribution < -0.4 is 5.32 Å². The molecule has 1 amide bonds. The van der Waals surface area contributed by atoms with E-state index in [1.165, 1.54) is 0 Å². The molecule has 1 aliphatic heterocycles. The number of ether oxygens (including phenoxy) is 1. The second-order valence-corrected chi connectivity index (χ2v) is 5.95. The highest BCUT2D eigenvalue weighted by Crippen LogP contribution is 2.24. The number of piperidine rings is 1. The van der Waals surface area contributed by atoms with Crippen molar-refractivity contribution in [1.82, 2.24) is 10.2 Å². The van der Waals surface area contributed by atoms with E-state index in [0.717, 1.165) is 38.8 Å². The van der Waals surface area contributed by atoms with E-state index in [9.17, 15) is 4.79 Å².